The first-order valence-electron chi connectivity index (χ1n) is 7.39. The molecule has 1 heterocycles. The van der Waals surface area contributed by atoms with Crippen LogP contribution in [0.4, 0.5) is 0 Å². The third kappa shape index (κ3) is 3.78. The Morgan fingerprint density at radius 1 is 1.37 bits per heavy atom. The Bertz CT molecular complexity index is 374. The van der Waals surface area contributed by atoms with Gasteiger partial charge >= 0.3 is 0 Å². The summed E-state index contributed by atoms with van der Waals surface area (Å²) in [6.45, 7) is 3.73. The number of hydrogen-bond donors (Lipinski definition) is 2. The molecule has 0 aromatic carbocycles. The average Bonchev–Trinajstić information content (AvgIpc) is 2.86. The molecule has 4 heteroatoms. The first-order valence-corrected chi connectivity index (χ1v) is 8.21. The van der Waals surface area contributed by atoms with E-state index in [-0.39, 0.29) is 12.6 Å². The van der Waals surface area contributed by atoms with Crippen LogP contribution < -0.4 is 5.73 Å². The molecule has 0 spiro atoms. The highest BCUT2D eigenvalue weighted by Crippen LogP contribution is 2.32. The van der Waals surface area contributed by atoms with Crippen LogP contribution in [-0.2, 0) is 0 Å². The molecule has 0 saturated heterocycles. The van der Waals surface area contributed by atoms with Gasteiger partial charge in [-0.05, 0) is 31.9 Å². The van der Waals surface area contributed by atoms with Crippen molar-refractivity contribution in [3.8, 4) is 0 Å². The zero-order valence-corrected chi connectivity index (χ0v) is 12.7. The van der Waals surface area contributed by atoms with E-state index in [4.69, 9.17) is 5.73 Å². The minimum atomic E-state index is 0.220. The minimum absolute atomic E-state index is 0.220. The molecule has 0 aliphatic heterocycles. The van der Waals surface area contributed by atoms with Crippen molar-refractivity contribution in [1.82, 2.24) is 4.90 Å². The van der Waals surface area contributed by atoms with Crippen LogP contribution in [0.1, 0.15) is 47.9 Å². The molecule has 2 rings (SSSR count). The number of nitrogens with zero attached hydrogens (tertiary/aromatic N) is 1. The van der Waals surface area contributed by atoms with Gasteiger partial charge < -0.3 is 10.8 Å². The fourth-order valence-electron chi connectivity index (χ4n) is 3.17. The second-order valence-corrected chi connectivity index (χ2v) is 6.77. The molecule has 1 saturated carbocycles. The fraction of sp³-hybridized carbons (Fsp3) is 0.733. The highest BCUT2D eigenvalue weighted by Gasteiger charge is 2.28. The van der Waals surface area contributed by atoms with Crippen LogP contribution in [0.2, 0.25) is 0 Å². The molecule has 3 nitrogen and oxygen atoms in total. The zero-order chi connectivity index (χ0) is 13.7. The van der Waals surface area contributed by atoms with Crippen LogP contribution in [0.5, 0.6) is 0 Å². The Kier molecular flexibility index (Phi) is 5.82. The van der Waals surface area contributed by atoms with E-state index in [9.17, 15) is 5.11 Å². The number of thiophene rings is 1. The summed E-state index contributed by atoms with van der Waals surface area (Å²) >= 11 is 1.84. The van der Waals surface area contributed by atoms with Gasteiger partial charge in [0.05, 0.1) is 12.6 Å². The van der Waals surface area contributed by atoms with Gasteiger partial charge in [0.15, 0.2) is 0 Å². The van der Waals surface area contributed by atoms with Crippen LogP contribution in [-0.4, -0.2) is 35.7 Å². The van der Waals surface area contributed by atoms with Gasteiger partial charge in [0.25, 0.3) is 0 Å². The van der Waals surface area contributed by atoms with Gasteiger partial charge in [0.1, 0.15) is 0 Å². The Hall–Kier alpha value is -0.420. The van der Waals surface area contributed by atoms with E-state index in [2.05, 4.69) is 24.0 Å². The van der Waals surface area contributed by atoms with Crippen LogP contribution >= 0.6 is 11.3 Å². The van der Waals surface area contributed by atoms with Crippen molar-refractivity contribution in [1.29, 1.82) is 0 Å². The van der Waals surface area contributed by atoms with Gasteiger partial charge in [-0.2, -0.15) is 0 Å². The topological polar surface area (TPSA) is 49.5 Å². The summed E-state index contributed by atoms with van der Waals surface area (Å²) in [7, 11) is 0. The molecule has 0 amide bonds. The highest BCUT2D eigenvalue weighted by atomic mass is 32.1. The summed E-state index contributed by atoms with van der Waals surface area (Å²) in [5.74, 6) is 0. The lowest BCUT2D eigenvalue weighted by molar-refractivity contribution is 0.0844. The summed E-state index contributed by atoms with van der Waals surface area (Å²) in [6, 6.07) is 5.23. The SMILES string of the molecule is Cc1ccc(C(CN)N(CCO)C2CCCCC2)s1. The van der Waals surface area contributed by atoms with Gasteiger partial charge in [0, 0.05) is 28.9 Å². The largest absolute Gasteiger partial charge is 0.395 e. The van der Waals surface area contributed by atoms with Crippen LogP contribution in [0.15, 0.2) is 12.1 Å². The maximum absolute atomic E-state index is 9.38. The van der Waals surface area contributed by atoms with Crippen molar-refractivity contribution in [2.24, 2.45) is 5.73 Å². The smallest absolute Gasteiger partial charge is 0.0567 e. The van der Waals surface area contributed by atoms with Crippen molar-refractivity contribution < 1.29 is 5.11 Å². The van der Waals surface area contributed by atoms with E-state index < -0.39 is 0 Å². The maximum atomic E-state index is 9.38. The number of hydrogen-bond acceptors (Lipinski definition) is 4. The predicted molar refractivity (Wildman–Crippen MR) is 81.5 cm³/mol. The number of nitrogens with two attached hydrogens (primary N) is 1. The molecular formula is C15H26N2OS. The van der Waals surface area contributed by atoms with E-state index in [0.717, 1.165) is 6.54 Å². The van der Waals surface area contributed by atoms with Gasteiger partial charge in [-0.15, -0.1) is 11.3 Å². The number of aliphatic hydroxyl groups excluding tert-OH is 1. The second kappa shape index (κ2) is 7.39. The van der Waals surface area contributed by atoms with Gasteiger partial charge in [-0.1, -0.05) is 19.3 Å². The molecule has 19 heavy (non-hydrogen) atoms. The molecule has 1 aliphatic rings. The number of aliphatic hydroxyl groups is 1. The maximum Gasteiger partial charge on any atom is 0.0567 e. The lowest BCUT2D eigenvalue weighted by Gasteiger charge is -2.39. The quantitative estimate of drug-likeness (QED) is 0.843. The van der Waals surface area contributed by atoms with E-state index in [1.165, 1.54) is 41.9 Å². The number of aryl methyl sites for hydroxylation is 1. The Morgan fingerprint density at radius 2 is 2.11 bits per heavy atom. The lowest BCUT2D eigenvalue weighted by atomic mass is 9.93. The molecule has 1 fully saturated rings. The molecule has 0 radical (unpaired) electrons. The summed E-state index contributed by atoms with van der Waals surface area (Å²) < 4.78 is 0. The summed E-state index contributed by atoms with van der Waals surface area (Å²) in [5, 5.41) is 9.38. The number of rotatable bonds is 6. The van der Waals surface area contributed by atoms with E-state index in [1.54, 1.807) is 0 Å². The third-order valence-electron chi connectivity index (χ3n) is 4.12. The highest BCUT2D eigenvalue weighted by molar-refractivity contribution is 7.12. The van der Waals surface area contributed by atoms with Crippen molar-refractivity contribution in [2.75, 3.05) is 19.7 Å². The van der Waals surface area contributed by atoms with Crippen LogP contribution in [0, 0.1) is 6.92 Å². The monoisotopic (exact) mass is 282 g/mol. The standard InChI is InChI=1S/C15H26N2OS/c1-12-7-8-15(19-12)14(11-16)17(9-10-18)13-5-3-2-4-6-13/h7-8,13-14,18H,2-6,9-11,16H2,1H3. The first kappa shape index (κ1) is 15.0. The molecule has 0 bridgehead atoms. The minimum Gasteiger partial charge on any atom is -0.395 e. The molecule has 1 aromatic rings. The van der Waals surface area contributed by atoms with Gasteiger partial charge in [-0.3, -0.25) is 4.90 Å². The van der Waals surface area contributed by atoms with Gasteiger partial charge in [0.2, 0.25) is 0 Å². The Morgan fingerprint density at radius 3 is 2.63 bits per heavy atom. The van der Waals surface area contributed by atoms with E-state index >= 15 is 0 Å². The summed E-state index contributed by atoms with van der Waals surface area (Å²) in [4.78, 5) is 5.13. The second-order valence-electron chi connectivity index (χ2n) is 5.45. The summed E-state index contributed by atoms with van der Waals surface area (Å²) in [6.07, 6.45) is 6.48. The van der Waals surface area contributed by atoms with Crippen LogP contribution in [0.25, 0.3) is 0 Å². The average molecular weight is 282 g/mol. The zero-order valence-electron chi connectivity index (χ0n) is 11.8. The molecule has 1 aliphatic carbocycles. The molecule has 1 atom stereocenters. The van der Waals surface area contributed by atoms with E-state index in [1.807, 2.05) is 11.3 Å². The van der Waals surface area contributed by atoms with Crippen molar-refractivity contribution in [3.63, 3.8) is 0 Å². The van der Waals surface area contributed by atoms with E-state index in [0.29, 0.717) is 12.6 Å². The van der Waals surface area contributed by atoms with Crippen molar-refractivity contribution >= 4 is 11.3 Å². The normalized spacial score (nSPS) is 18.9. The van der Waals surface area contributed by atoms with Gasteiger partial charge in [-0.25, -0.2) is 0 Å². The first-order chi connectivity index (χ1) is 9.26. The molecular weight excluding hydrogens is 256 g/mol. The summed E-state index contributed by atoms with van der Waals surface area (Å²) in [5.41, 5.74) is 6.04. The molecule has 1 aromatic heterocycles. The molecule has 1 unspecified atom stereocenters. The molecule has 3 N–H and O–H groups in total. The third-order valence-corrected chi connectivity index (χ3v) is 5.22. The predicted octanol–water partition coefficient (Wildman–Crippen LogP) is 2.68. The van der Waals surface area contributed by atoms with Crippen molar-refractivity contribution in [2.45, 2.75) is 51.1 Å². The Balaban J connectivity index is 2.14. The lowest BCUT2D eigenvalue weighted by Crippen LogP contribution is -2.43. The fourth-order valence-corrected chi connectivity index (χ4v) is 4.18. The molecule has 108 valence electrons. The van der Waals surface area contributed by atoms with Crippen LogP contribution in [0.3, 0.4) is 0 Å². The van der Waals surface area contributed by atoms with Crippen molar-refractivity contribution in [3.05, 3.63) is 21.9 Å². The Labute approximate surface area is 120 Å².